The molecule has 2 N–H and O–H groups in total. The molecule has 106 valence electrons. The largest absolute Gasteiger partial charge is 0.366 e. The third-order valence-corrected chi connectivity index (χ3v) is 2.37. The van der Waals surface area contributed by atoms with Gasteiger partial charge in [0.05, 0.1) is 6.04 Å². The number of nitrogens with one attached hydrogen (secondary N) is 1. The van der Waals surface area contributed by atoms with Crippen LogP contribution in [0.5, 0.6) is 0 Å². The van der Waals surface area contributed by atoms with E-state index in [1.165, 1.54) is 6.08 Å². The molecule has 18 heavy (non-hydrogen) atoms. The quantitative estimate of drug-likeness (QED) is 0.517. The number of ether oxygens (including phenoxy) is 1. The molecule has 0 fully saturated rings. The van der Waals surface area contributed by atoms with Crippen LogP contribution in [-0.2, 0) is 9.53 Å². The van der Waals surface area contributed by atoms with Gasteiger partial charge in [0.25, 0.3) is 0 Å². The van der Waals surface area contributed by atoms with E-state index in [4.69, 9.17) is 4.74 Å². The minimum Gasteiger partial charge on any atom is -0.366 e. The number of rotatable bonds is 8. The molecule has 4 heteroatoms. The third-order valence-electron chi connectivity index (χ3n) is 2.37. The minimum atomic E-state index is -0.950. The zero-order chi connectivity index (χ0) is 14.1. The maximum Gasteiger partial charge on any atom is 0.244 e. The van der Waals surface area contributed by atoms with E-state index in [9.17, 15) is 9.90 Å². The van der Waals surface area contributed by atoms with Crippen LogP contribution in [0.2, 0.25) is 0 Å². The van der Waals surface area contributed by atoms with E-state index >= 15 is 0 Å². The summed E-state index contributed by atoms with van der Waals surface area (Å²) in [7, 11) is 0. The maximum atomic E-state index is 11.7. The lowest BCUT2D eigenvalue weighted by molar-refractivity contribution is -0.133. The number of allylic oxidation sites excluding steroid dienone is 1. The Kier molecular flexibility index (Phi) is 8.67. The molecule has 0 saturated heterocycles. The molecule has 0 aromatic heterocycles. The normalized spacial score (nSPS) is 15.3. The number of amides is 1. The Morgan fingerprint density at radius 2 is 1.94 bits per heavy atom. The first-order valence-corrected chi connectivity index (χ1v) is 6.65. The van der Waals surface area contributed by atoms with Gasteiger partial charge in [0.15, 0.2) is 6.29 Å². The van der Waals surface area contributed by atoms with E-state index in [-0.39, 0.29) is 11.9 Å². The fraction of sp³-hybridized carbons (Fsp3) is 0.786. The van der Waals surface area contributed by atoms with Crippen molar-refractivity contribution in [2.24, 2.45) is 11.8 Å². The van der Waals surface area contributed by atoms with Crippen molar-refractivity contribution >= 4 is 5.91 Å². The second-order valence-electron chi connectivity index (χ2n) is 5.19. The molecular weight excluding hydrogens is 230 g/mol. The topological polar surface area (TPSA) is 58.6 Å². The van der Waals surface area contributed by atoms with Crippen LogP contribution >= 0.6 is 0 Å². The van der Waals surface area contributed by atoms with Crippen molar-refractivity contribution < 1.29 is 14.6 Å². The van der Waals surface area contributed by atoms with Crippen LogP contribution in [0.4, 0.5) is 0 Å². The highest BCUT2D eigenvalue weighted by Gasteiger charge is 2.21. The zero-order valence-electron chi connectivity index (χ0n) is 12.1. The summed E-state index contributed by atoms with van der Waals surface area (Å²) in [5.41, 5.74) is 0. The summed E-state index contributed by atoms with van der Waals surface area (Å²) in [5, 5.41) is 12.6. The molecule has 0 aliphatic carbocycles. The Morgan fingerprint density at radius 1 is 1.33 bits per heavy atom. The number of aliphatic hydroxyl groups excluding tert-OH is 1. The molecule has 0 aromatic rings. The predicted octanol–water partition coefficient (Wildman–Crippen LogP) is 2.08. The number of hydrogen-bond acceptors (Lipinski definition) is 3. The molecule has 0 aliphatic heterocycles. The van der Waals surface area contributed by atoms with Crippen LogP contribution in [-0.4, -0.2) is 30.0 Å². The van der Waals surface area contributed by atoms with Crippen molar-refractivity contribution in [1.82, 2.24) is 5.32 Å². The van der Waals surface area contributed by atoms with Crippen LogP contribution < -0.4 is 5.32 Å². The summed E-state index contributed by atoms with van der Waals surface area (Å²) < 4.78 is 5.15. The molecular formula is C14H27NO3. The van der Waals surface area contributed by atoms with Crippen molar-refractivity contribution in [2.45, 2.75) is 53.4 Å². The van der Waals surface area contributed by atoms with Gasteiger partial charge in [0.1, 0.15) is 0 Å². The highest BCUT2D eigenvalue weighted by Crippen LogP contribution is 2.09. The highest BCUT2D eigenvalue weighted by atomic mass is 16.6. The first-order chi connectivity index (χ1) is 8.36. The molecule has 0 saturated carbocycles. The van der Waals surface area contributed by atoms with Gasteiger partial charge < -0.3 is 15.2 Å². The molecule has 1 amide bonds. The van der Waals surface area contributed by atoms with Crippen molar-refractivity contribution in [3.63, 3.8) is 0 Å². The second-order valence-corrected chi connectivity index (χ2v) is 5.19. The van der Waals surface area contributed by atoms with E-state index in [1.54, 1.807) is 0 Å². The third kappa shape index (κ3) is 8.25. The summed E-state index contributed by atoms with van der Waals surface area (Å²) in [4.78, 5) is 11.7. The van der Waals surface area contributed by atoms with E-state index < -0.39 is 6.29 Å². The van der Waals surface area contributed by atoms with E-state index in [0.29, 0.717) is 24.9 Å². The van der Waals surface area contributed by atoms with Crippen LogP contribution in [0.3, 0.4) is 0 Å². The Balaban J connectivity index is 4.43. The van der Waals surface area contributed by atoms with Crippen molar-refractivity contribution in [2.75, 3.05) is 6.61 Å². The summed E-state index contributed by atoms with van der Waals surface area (Å²) in [6.07, 6.45) is 3.07. The van der Waals surface area contributed by atoms with Gasteiger partial charge in [-0.2, -0.15) is 0 Å². The van der Waals surface area contributed by atoms with Gasteiger partial charge in [-0.3, -0.25) is 4.79 Å². The molecule has 0 rings (SSSR count). The minimum absolute atomic E-state index is 0.187. The Labute approximate surface area is 110 Å². The van der Waals surface area contributed by atoms with Crippen molar-refractivity contribution in [3.8, 4) is 0 Å². The average Bonchev–Trinajstić information content (AvgIpc) is 2.25. The molecule has 0 spiro atoms. The Hall–Kier alpha value is -0.870. The lowest BCUT2D eigenvalue weighted by atomic mass is 10.0. The first-order valence-electron chi connectivity index (χ1n) is 6.65. The molecule has 4 nitrogen and oxygen atoms in total. The van der Waals surface area contributed by atoms with Crippen LogP contribution in [0.1, 0.15) is 41.0 Å². The lowest BCUT2D eigenvalue weighted by Gasteiger charge is -2.24. The standard InChI is InChI=1S/C14H27NO3/c1-6-18-14(17)12(9-11(4)5)15-13(16)8-7-10(2)3/h7-8,10-12,14,17H,6,9H2,1-5H3,(H,15,16)/b8-7+/t12-,14?/m1/s1. The van der Waals surface area contributed by atoms with Crippen LogP contribution in [0.15, 0.2) is 12.2 Å². The molecule has 0 bridgehead atoms. The average molecular weight is 257 g/mol. The lowest BCUT2D eigenvalue weighted by Crippen LogP contribution is -2.44. The van der Waals surface area contributed by atoms with Crippen molar-refractivity contribution in [1.29, 1.82) is 0 Å². The monoisotopic (exact) mass is 257 g/mol. The maximum absolute atomic E-state index is 11.7. The van der Waals surface area contributed by atoms with Gasteiger partial charge in [-0.25, -0.2) is 0 Å². The number of hydrogen-bond donors (Lipinski definition) is 2. The number of carbonyl (C=O) groups excluding carboxylic acids is 1. The van der Waals surface area contributed by atoms with Crippen LogP contribution in [0.25, 0.3) is 0 Å². The van der Waals surface area contributed by atoms with Gasteiger partial charge >= 0.3 is 0 Å². The van der Waals surface area contributed by atoms with Crippen molar-refractivity contribution in [3.05, 3.63) is 12.2 Å². The first kappa shape index (κ1) is 17.1. The van der Waals surface area contributed by atoms with Gasteiger partial charge in [0, 0.05) is 6.61 Å². The fourth-order valence-corrected chi connectivity index (χ4v) is 1.55. The summed E-state index contributed by atoms with van der Waals surface area (Å²) in [6, 6.07) is -0.366. The molecule has 0 aliphatic rings. The molecule has 0 heterocycles. The molecule has 0 aromatic carbocycles. The summed E-state index contributed by atoms with van der Waals surface area (Å²) in [5.74, 6) is 0.517. The highest BCUT2D eigenvalue weighted by molar-refractivity contribution is 5.87. The number of aliphatic hydroxyl groups is 1. The fourth-order valence-electron chi connectivity index (χ4n) is 1.55. The molecule has 2 atom stereocenters. The Morgan fingerprint density at radius 3 is 2.39 bits per heavy atom. The van der Waals surface area contributed by atoms with E-state index in [1.807, 2.05) is 40.7 Å². The van der Waals surface area contributed by atoms with E-state index in [2.05, 4.69) is 5.32 Å². The summed E-state index contributed by atoms with van der Waals surface area (Å²) >= 11 is 0. The zero-order valence-corrected chi connectivity index (χ0v) is 12.1. The molecule has 0 radical (unpaired) electrons. The summed E-state index contributed by atoms with van der Waals surface area (Å²) in [6.45, 7) is 10.3. The Bertz CT molecular complexity index is 262. The number of carbonyl (C=O) groups is 1. The molecule has 1 unspecified atom stereocenters. The SMILES string of the molecule is CCOC(O)[C@@H](CC(C)C)NC(=O)/C=C/C(C)C. The van der Waals surface area contributed by atoms with E-state index in [0.717, 1.165) is 0 Å². The van der Waals surface area contributed by atoms with Gasteiger partial charge in [-0.05, 0) is 31.3 Å². The van der Waals surface area contributed by atoms with Gasteiger partial charge in [-0.15, -0.1) is 0 Å². The second kappa shape index (κ2) is 9.11. The predicted molar refractivity (Wildman–Crippen MR) is 73.0 cm³/mol. The van der Waals surface area contributed by atoms with Gasteiger partial charge in [0.2, 0.25) is 5.91 Å². The van der Waals surface area contributed by atoms with Gasteiger partial charge in [-0.1, -0.05) is 33.8 Å². The van der Waals surface area contributed by atoms with Crippen LogP contribution in [0, 0.1) is 11.8 Å². The smallest absolute Gasteiger partial charge is 0.244 e.